The number of carbonyl (C=O) groups is 1. The van der Waals surface area contributed by atoms with Crippen LogP contribution in [0.4, 0.5) is 5.69 Å². The van der Waals surface area contributed by atoms with E-state index in [0.717, 1.165) is 22.6 Å². The lowest BCUT2D eigenvalue weighted by Gasteiger charge is -2.05. The molecule has 1 amide bonds. The van der Waals surface area contributed by atoms with Crippen molar-refractivity contribution in [1.82, 2.24) is 5.32 Å². The van der Waals surface area contributed by atoms with Crippen molar-refractivity contribution in [2.45, 2.75) is 12.8 Å². The highest BCUT2D eigenvalue weighted by atomic mass is 35.5. The van der Waals surface area contributed by atoms with Crippen molar-refractivity contribution < 1.29 is 9.53 Å². The van der Waals surface area contributed by atoms with E-state index in [0.29, 0.717) is 28.7 Å². The molecule has 1 heterocycles. The highest BCUT2D eigenvalue weighted by Gasteiger charge is 2.21. The highest BCUT2D eigenvalue weighted by molar-refractivity contribution is 7.21. The zero-order chi connectivity index (χ0) is 14.8. The Bertz CT molecular complexity index is 667. The lowest BCUT2D eigenvalue weighted by atomic mass is 10.2. The molecule has 0 saturated heterocycles. The van der Waals surface area contributed by atoms with E-state index >= 15 is 0 Å². The van der Waals surface area contributed by atoms with E-state index in [2.05, 4.69) is 5.32 Å². The largest absolute Gasteiger partial charge is 0.397 e. The molecule has 1 aromatic carbocycles. The lowest BCUT2D eigenvalue weighted by molar-refractivity contribution is 0.0911. The van der Waals surface area contributed by atoms with Gasteiger partial charge in [-0.1, -0.05) is 17.7 Å². The summed E-state index contributed by atoms with van der Waals surface area (Å²) in [7, 11) is 0. The summed E-state index contributed by atoms with van der Waals surface area (Å²) in [5, 5.41) is 4.18. The lowest BCUT2D eigenvalue weighted by Crippen LogP contribution is -2.27. The van der Waals surface area contributed by atoms with Gasteiger partial charge in [0.1, 0.15) is 4.88 Å². The van der Waals surface area contributed by atoms with Crippen LogP contribution >= 0.6 is 22.9 Å². The predicted molar refractivity (Wildman–Crippen MR) is 87.1 cm³/mol. The van der Waals surface area contributed by atoms with Crippen molar-refractivity contribution in [3.8, 4) is 0 Å². The number of nitrogens with one attached hydrogen (secondary N) is 1. The van der Waals surface area contributed by atoms with Crippen LogP contribution in [0.3, 0.4) is 0 Å². The van der Waals surface area contributed by atoms with Crippen molar-refractivity contribution >= 4 is 44.6 Å². The van der Waals surface area contributed by atoms with Gasteiger partial charge in [-0.25, -0.2) is 0 Å². The second-order valence-corrected chi connectivity index (χ2v) is 6.69. The number of thiophene rings is 1. The minimum Gasteiger partial charge on any atom is -0.397 e. The quantitative estimate of drug-likeness (QED) is 0.801. The van der Waals surface area contributed by atoms with E-state index in [4.69, 9.17) is 22.1 Å². The molecule has 1 aliphatic rings. The minimum atomic E-state index is -0.167. The Hall–Kier alpha value is -1.30. The Morgan fingerprint density at radius 2 is 2.29 bits per heavy atom. The third kappa shape index (κ3) is 3.31. The molecule has 1 aromatic heterocycles. The van der Waals surface area contributed by atoms with Crippen molar-refractivity contribution in [2.75, 3.05) is 25.5 Å². The number of nitrogens with two attached hydrogens (primary N) is 1. The maximum absolute atomic E-state index is 12.2. The monoisotopic (exact) mass is 324 g/mol. The molecular weight excluding hydrogens is 308 g/mol. The van der Waals surface area contributed by atoms with Gasteiger partial charge in [-0.15, -0.1) is 11.3 Å². The molecule has 3 N–H and O–H groups in total. The number of anilines is 1. The third-order valence-corrected chi connectivity index (χ3v) is 4.97. The first-order valence-electron chi connectivity index (χ1n) is 6.99. The minimum absolute atomic E-state index is 0.167. The Labute approximate surface area is 132 Å². The zero-order valence-electron chi connectivity index (χ0n) is 11.5. The standard InChI is InChI=1S/C15H17ClN2O2S/c16-10-2-1-3-11-12(10)13(17)14(21-11)15(19)18-6-7-20-8-9-4-5-9/h1-3,9H,4-8,17H2,(H,18,19). The smallest absolute Gasteiger partial charge is 0.263 e. The fraction of sp³-hybridized carbons (Fsp3) is 0.400. The molecule has 0 unspecified atom stereocenters. The molecule has 6 heteroatoms. The van der Waals surface area contributed by atoms with E-state index in [-0.39, 0.29) is 5.91 Å². The van der Waals surface area contributed by atoms with Crippen LogP contribution in [0.15, 0.2) is 18.2 Å². The summed E-state index contributed by atoms with van der Waals surface area (Å²) in [6.45, 7) is 1.83. The number of nitrogen functional groups attached to an aromatic ring is 1. The van der Waals surface area contributed by atoms with E-state index in [9.17, 15) is 4.79 Å². The topological polar surface area (TPSA) is 64.4 Å². The fourth-order valence-corrected chi connectivity index (χ4v) is 3.55. The maximum atomic E-state index is 12.2. The molecule has 0 radical (unpaired) electrons. The van der Waals surface area contributed by atoms with Crippen LogP contribution < -0.4 is 11.1 Å². The summed E-state index contributed by atoms with van der Waals surface area (Å²) in [6.07, 6.45) is 2.54. The molecular formula is C15H17ClN2O2S. The Morgan fingerprint density at radius 1 is 1.48 bits per heavy atom. The summed E-state index contributed by atoms with van der Waals surface area (Å²) in [5.41, 5.74) is 6.51. The number of amides is 1. The number of ether oxygens (including phenoxy) is 1. The number of fused-ring (bicyclic) bond motifs is 1. The average Bonchev–Trinajstić information content (AvgIpc) is 3.22. The van der Waals surface area contributed by atoms with Crippen LogP contribution in [0, 0.1) is 5.92 Å². The van der Waals surface area contributed by atoms with Gasteiger partial charge < -0.3 is 15.8 Å². The van der Waals surface area contributed by atoms with Gasteiger partial charge in [0, 0.05) is 23.2 Å². The predicted octanol–water partition coefficient (Wildman–Crippen LogP) is 3.29. The van der Waals surface area contributed by atoms with Gasteiger partial charge in [-0.2, -0.15) is 0 Å². The summed E-state index contributed by atoms with van der Waals surface area (Å²) in [5.74, 6) is 0.570. The Balaban J connectivity index is 1.61. The van der Waals surface area contributed by atoms with Gasteiger partial charge in [0.25, 0.3) is 5.91 Å². The van der Waals surface area contributed by atoms with Gasteiger partial charge in [-0.05, 0) is 30.9 Å². The van der Waals surface area contributed by atoms with Crippen LogP contribution in [0.25, 0.3) is 10.1 Å². The first-order valence-corrected chi connectivity index (χ1v) is 8.18. The summed E-state index contributed by atoms with van der Waals surface area (Å²) in [6, 6.07) is 5.55. The average molecular weight is 325 g/mol. The van der Waals surface area contributed by atoms with Gasteiger partial charge in [0.05, 0.1) is 17.3 Å². The normalized spacial score (nSPS) is 14.5. The van der Waals surface area contributed by atoms with Crippen LogP contribution in [-0.2, 0) is 4.74 Å². The van der Waals surface area contributed by atoms with Gasteiger partial charge in [-0.3, -0.25) is 4.79 Å². The van der Waals surface area contributed by atoms with Gasteiger partial charge in [0.15, 0.2) is 0 Å². The second kappa shape index (κ2) is 6.22. The molecule has 1 saturated carbocycles. The van der Waals surface area contributed by atoms with Crippen molar-refractivity contribution in [3.63, 3.8) is 0 Å². The SMILES string of the molecule is Nc1c(C(=O)NCCOCC2CC2)sc2cccc(Cl)c12. The van der Waals surface area contributed by atoms with E-state index in [1.165, 1.54) is 24.2 Å². The van der Waals surface area contributed by atoms with Crippen molar-refractivity contribution in [1.29, 1.82) is 0 Å². The Kier molecular flexibility index (Phi) is 4.33. The highest BCUT2D eigenvalue weighted by Crippen LogP contribution is 2.37. The Morgan fingerprint density at radius 3 is 3.00 bits per heavy atom. The van der Waals surface area contributed by atoms with Gasteiger partial charge >= 0.3 is 0 Å². The van der Waals surface area contributed by atoms with Gasteiger partial charge in [0.2, 0.25) is 0 Å². The first-order chi connectivity index (χ1) is 10.2. The number of halogens is 1. The van der Waals surface area contributed by atoms with Crippen LogP contribution in [-0.4, -0.2) is 25.7 Å². The van der Waals surface area contributed by atoms with Crippen LogP contribution in [0.2, 0.25) is 5.02 Å². The number of benzene rings is 1. The molecule has 2 aromatic rings. The first kappa shape index (κ1) is 14.6. The van der Waals surface area contributed by atoms with Crippen LogP contribution in [0.1, 0.15) is 22.5 Å². The molecule has 0 bridgehead atoms. The zero-order valence-corrected chi connectivity index (χ0v) is 13.1. The summed E-state index contributed by atoms with van der Waals surface area (Å²) < 4.78 is 6.41. The number of hydrogen-bond donors (Lipinski definition) is 2. The summed E-state index contributed by atoms with van der Waals surface area (Å²) in [4.78, 5) is 12.7. The molecule has 0 aliphatic heterocycles. The van der Waals surface area contributed by atoms with Crippen molar-refractivity contribution in [3.05, 3.63) is 28.1 Å². The third-order valence-electron chi connectivity index (χ3n) is 3.49. The molecule has 3 rings (SSSR count). The van der Waals surface area contributed by atoms with E-state index in [1.807, 2.05) is 12.1 Å². The van der Waals surface area contributed by atoms with Crippen molar-refractivity contribution in [2.24, 2.45) is 5.92 Å². The fourth-order valence-electron chi connectivity index (χ4n) is 2.15. The molecule has 0 spiro atoms. The molecule has 1 aliphatic carbocycles. The van der Waals surface area contributed by atoms with E-state index < -0.39 is 0 Å². The molecule has 112 valence electrons. The number of carbonyl (C=O) groups excluding carboxylic acids is 1. The molecule has 0 atom stereocenters. The second-order valence-electron chi connectivity index (χ2n) is 5.23. The summed E-state index contributed by atoms with van der Waals surface area (Å²) >= 11 is 7.50. The maximum Gasteiger partial charge on any atom is 0.263 e. The van der Waals surface area contributed by atoms with E-state index in [1.54, 1.807) is 6.07 Å². The molecule has 1 fully saturated rings. The number of hydrogen-bond acceptors (Lipinski definition) is 4. The molecule has 21 heavy (non-hydrogen) atoms. The van der Waals surface area contributed by atoms with Crippen LogP contribution in [0.5, 0.6) is 0 Å². The molecule has 4 nitrogen and oxygen atoms in total. The number of rotatable bonds is 6.